The summed E-state index contributed by atoms with van der Waals surface area (Å²) < 4.78 is 6.61. The molecular weight excluding hydrogens is 316 g/mol. The molecular formula is C16H19BrN2O. The summed E-state index contributed by atoms with van der Waals surface area (Å²) in [5.41, 5.74) is 7.39. The lowest BCUT2D eigenvalue weighted by Gasteiger charge is -2.25. The number of rotatable bonds is 4. The fourth-order valence-corrected chi connectivity index (χ4v) is 3.50. The molecule has 2 aromatic rings. The molecule has 1 fully saturated rings. The molecule has 1 saturated heterocycles. The van der Waals surface area contributed by atoms with Gasteiger partial charge in [-0.3, -0.25) is 4.90 Å². The number of likely N-dealkylation sites (tertiary alicyclic amines) is 1. The molecule has 4 heteroatoms. The van der Waals surface area contributed by atoms with Gasteiger partial charge in [0.05, 0.1) is 16.8 Å². The number of hydrogen-bond donors (Lipinski definition) is 1. The maximum Gasteiger partial charge on any atom is 0.136 e. The van der Waals surface area contributed by atoms with Gasteiger partial charge in [-0.1, -0.05) is 30.3 Å². The highest BCUT2D eigenvalue weighted by Gasteiger charge is 2.31. The molecule has 0 spiro atoms. The van der Waals surface area contributed by atoms with Gasteiger partial charge in [0.2, 0.25) is 0 Å². The maximum absolute atomic E-state index is 5.97. The van der Waals surface area contributed by atoms with E-state index in [0.29, 0.717) is 12.5 Å². The normalized spacial score (nSPS) is 21.2. The minimum absolute atomic E-state index is 0.160. The summed E-state index contributed by atoms with van der Waals surface area (Å²) in [5.74, 6) is 1.54. The van der Waals surface area contributed by atoms with Crippen molar-refractivity contribution in [1.29, 1.82) is 0 Å². The zero-order valence-corrected chi connectivity index (χ0v) is 12.9. The van der Waals surface area contributed by atoms with E-state index < -0.39 is 0 Å². The smallest absolute Gasteiger partial charge is 0.136 e. The predicted octanol–water partition coefficient (Wildman–Crippen LogP) is 3.53. The summed E-state index contributed by atoms with van der Waals surface area (Å²) in [7, 11) is 0. The van der Waals surface area contributed by atoms with Crippen LogP contribution in [-0.4, -0.2) is 24.5 Å². The van der Waals surface area contributed by atoms with E-state index in [4.69, 9.17) is 10.2 Å². The highest BCUT2D eigenvalue weighted by atomic mass is 79.9. The number of nitrogens with zero attached hydrogens (tertiary/aromatic N) is 1. The Hall–Kier alpha value is -1.10. The van der Waals surface area contributed by atoms with Gasteiger partial charge in [0, 0.05) is 13.1 Å². The van der Waals surface area contributed by atoms with Gasteiger partial charge in [-0.15, -0.1) is 0 Å². The van der Waals surface area contributed by atoms with Crippen LogP contribution in [0.15, 0.2) is 51.6 Å². The van der Waals surface area contributed by atoms with Gasteiger partial charge >= 0.3 is 0 Å². The number of benzene rings is 1. The Morgan fingerprint density at radius 3 is 2.75 bits per heavy atom. The lowest BCUT2D eigenvalue weighted by molar-refractivity contribution is 0.217. The predicted molar refractivity (Wildman–Crippen MR) is 83.6 cm³/mol. The lowest BCUT2D eigenvalue weighted by atomic mass is 9.99. The van der Waals surface area contributed by atoms with Gasteiger partial charge in [0.25, 0.3) is 0 Å². The molecule has 106 valence electrons. The summed E-state index contributed by atoms with van der Waals surface area (Å²) in [6, 6.07) is 12.8. The van der Waals surface area contributed by atoms with Crippen LogP contribution in [0.2, 0.25) is 0 Å². The molecule has 2 unspecified atom stereocenters. The molecule has 0 bridgehead atoms. The van der Waals surface area contributed by atoms with E-state index in [1.165, 1.54) is 12.0 Å². The minimum Gasteiger partial charge on any atom is -0.466 e. The Balaban J connectivity index is 1.74. The number of hydrogen-bond acceptors (Lipinski definition) is 3. The van der Waals surface area contributed by atoms with Gasteiger partial charge in [-0.25, -0.2) is 0 Å². The van der Waals surface area contributed by atoms with Crippen LogP contribution in [0.25, 0.3) is 0 Å². The molecule has 0 aliphatic carbocycles. The zero-order valence-electron chi connectivity index (χ0n) is 11.3. The second-order valence-corrected chi connectivity index (χ2v) is 6.13. The van der Waals surface area contributed by atoms with Crippen molar-refractivity contribution in [2.24, 2.45) is 5.73 Å². The van der Waals surface area contributed by atoms with Crippen molar-refractivity contribution in [1.82, 2.24) is 4.90 Å². The van der Waals surface area contributed by atoms with Crippen LogP contribution in [0.4, 0.5) is 0 Å². The van der Waals surface area contributed by atoms with Gasteiger partial charge in [0.1, 0.15) is 5.76 Å². The monoisotopic (exact) mass is 334 g/mol. The first-order valence-corrected chi connectivity index (χ1v) is 7.81. The van der Waals surface area contributed by atoms with Crippen LogP contribution in [0, 0.1) is 0 Å². The van der Waals surface area contributed by atoms with Crippen LogP contribution >= 0.6 is 15.9 Å². The van der Waals surface area contributed by atoms with Crippen LogP contribution < -0.4 is 5.73 Å². The van der Waals surface area contributed by atoms with Crippen molar-refractivity contribution >= 4 is 15.9 Å². The fourth-order valence-electron chi connectivity index (χ4n) is 3.03. The summed E-state index contributed by atoms with van der Waals surface area (Å²) >= 11 is 3.54. The van der Waals surface area contributed by atoms with Gasteiger partial charge in [-0.2, -0.15) is 0 Å². The molecule has 1 aromatic carbocycles. The number of halogens is 1. The molecule has 2 atom stereocenters. The third kappa shape index (κ3) is 2.68. The zero-order chi connectivity index (χ0) is 13.9. The highest BCUT2D eigenvalue weighted by molar-refractivity contribution is 9.10. The summed E-state index contributed by atoms with van der Waals surface area (Å²) in [6.45, 7) is 2.68. The molecule has 2 heterocycles. The molecule has 1 aliphatic heterocycles. The molecule has 2 N–H and O–H groups in total. The van der Waals surface area contributed by atoms with Crippen molar-refractivity contribution in [3.63, 3.8) is 0 Å². The van der Waals surface area contributed by atoms with E-state index in [-0.39, 0.29) is 6.04 Å². The fraction of sp³-hybridized carbons (Fsp3) is 0.375. The standard InChI is InChI=1S/C16H19BrN2O/c17-14-7-9-20-16(14)15(10-18)19-8-6-13(11-19)12-4-2-1-3-5-12/h1-5,7,9,13,15H,6,8,10-11,18H2. The van der Waals surface area contributed by atoms with Crippen molar-refractivity contribution in [2.45, 2.75) is 18.4 Å². The van der Waals surface area contributed by atoms with Crippen LogP contribution in [0.1, 0.15) is 29.7 Å². The van der Waals surface area contributed by atoms with Crippen molar-refractivity contribution in [3.8, 4) is 0 Å². The Morgan fingerprint density at radius 1 is 1.30 bits per heavy atom. The van der Waals surface area contributed by atoms with Crippen molar-refractivity contribution in [2.75, 3.05) is 19.6 Å². The molecule has 0 amide bonds. The quantitative estimate of drug-likeness (QED) is 0.929. The highest BCUT2D eigenvalue weighted by Crippen LogP contribution is 2.35. The Kier molecular flexibility index (Phi) is 4.24. The number of furan rings is 1. The first kappa shape index (κ1) is 13.9. The molecule has 3 rings (SSSR count). The molecule has 0 radical (unpaired) electrons. The van der Waals surface area contributed by atoms with E-state index in [9.17, 15) is 0 Å². The topological polar surface area (TPSA) is 42.4 Å². The minimum atomic E-state index is 0.160. The Morgan fingerprint density at radius 2 is 2.10 bits per heavy atom. The third-order valence-electron chi connectivity index (χ3n) is 4.10. The van der Waals surface area contributed by atoms with Gasteiger partial charge < -0.3 is 10.2 Å². The second kappa shape index (κ2) is 6.12. The Bertz CT molecular complexity index is 555. The van der Waals surface area contributed by atoms with Crippen molar-refractivity contribution in [3.05, 3.63) is 58.5 Å². The summed E-state index contributed by atoms with van der Waals surface area (Å²) in [6.07, 6.45) is 2.89. The van der Waals surface area contributed by atoms with Crippen molar-refractivity contribution < 1.29 is 4.42 Å². The largest absolute Gasteiger partial charge is 0.466 e. The molecule has 1 aromatic heterocycles. The second-order valence-electron chi connectivity index (χ2n) is 5.28. The first-order chi connectivity index (χ1) is 9.79. The van der Waals surface area contributed by atoms with Gasteiger partial charge in [0.15, 0.2) is 0 Å². The van der Waals surface area contributed by atoms with E-state index in [1.54, 1.807) is 6.26 Å². The maximum atomic E-state index is 5.97. The SMILES string of the molecule is NCC(c1occc1Br)N1CCC(c2ccccc2)C1. The van der Waals surface area contributed by atoms with E-state index >= 15 is 0 Å². The Labute approximate surface area is 127 Å². The van der Waals surface area contributed by atoms with E-state index in [1.807, 2.05) is 6.07 Å². The average Bonchev–Trinajstić information content (AvgIpc) is 3.12. The number of nitrogens with two attached hydrogens (primary N) is 1. The molecule has 0 saturated carbocycles. The van der Waals surface area contributed by atoms with Crippen LogP contribution in [0.3, 0.4) is 0 Å². The first-order valence-electron chi connectivity index (χ1n) is 7.01. The van der Waals surface area contributed by atoms with Crippen LogP contribution in [0.5, 0.6) is 0 Å². The summed E-state index contributed by atoms with van der Waals surface area (Å²) in [5, 5.41) is 0. The van der Waals surface area contributed by atoms with Gasteiger partial charge in [-0.05, 0) is 46.4 Å². The van der Waals surface area contributed by atoms with E-state index in [0.717, 1.165) is 23.3 Å². The van der Waals surface area contributed by atoms with Crippen LogP contribution in [-0.2, 0) is 0 Å². The average molecular weight is 335 g/mol. The van der Waals surface area contributed by atoms with E-state index in [2.05, 4.69) is 51.2 Å². The molecule has 1 aliphatic rings. The third-order valence-corrected chi connectivity index (χ3v) is 4.76. The lowest BCUT2D eigenvalue weighted by Crippen LogP contribution is -2.31. The molecule has 20 heavy (non-hydrogen) atoms. The summed E-state index contributed by atoms with van der Waals surface area (Å²) in [4.78, 5) is 2.43. The molecule has 3 nitrogen and oxygen atoms in total.